The Balaban J connectivity index is 2.60. The number of carbonyl (C=O) groups is 1. The number of nitrogens with zero attached hydrogens (tertiary/aromatic N) is 2. The third-order valence-electron chi connectivity index (χ3n) is 2.36. The van der Waals surface area contributed by atoms with Gasteiger partial charge in [-0.3, -0.25) is 4.79 Å². The Morgan fingerprint density at radius 1 is 1.73 bits per heavy atom. The predicted octanol–water partition coefficient (Wildman–Crippen LogP) is 1.15. The maximum atomic E-state index is 11.7. The minimum atomic E-state index is -0.386. The summed E-state index contributed by atoms with van der Waals surface area (Å²) in [6.07, 6.45) is 0.671. The Hall–Kier alpha value is -0.940. The van der Waals surface area contributed by atoms with E-state index in [-0.39, 0.29) is 11.9 Å². The lowest BCUT2D eigenvalue weighted by molar-refractivity contribution is -0.131. The van der Waals surface area contributed by atoms with Crippen molar-refractivity contribution in [2.24, 2.45) is 5.73 Å². The van der Waals surface area contributed by atoms with Gasteiger partial charge in [0.1, 0.15) is 0 Å². The molecular weight excluding hydrogens is 210 g/mol. The predicted molar refractivity (Wildman–Crippen MR) is 61.6 cm³/mol. The second-order valence-corrected chi connectivity index (χ2v) is 4.51. The van der Waals surface area contributed by atoms with Crippen LogP contribution in [0.15, 0.2) is 5.51 Å². The van der Waals surface area contributed by atoms with Gasteiger partial charge in [0.05, 0.1) is 23.8 Å². The summed E-state index contributed by atoms with van der Waals surface area (Å²) in [5, 5.41) is 0. The van der Waals surface area contributed by atoms with Crippen LogP contribution in [-0.2, 0) is 11.3 Å². The van der Waals surface area contributed by atoms with E-state index in [0.717, 1.165) is 10.6 Å². The van der Waals surface area contributed by atoms with Crippen molar-refractivity contribution < 1.29 is 4.79 Å². The standard InChI is InChI=1S/C10H17N3OS/c1-4-8(11)10(14)13(3)5-9-7(2)12-6-15-9/h6,8H,4-5,11H2,1-3H3. The lowest BCUT2D eigenvalue weighted by Crippen LogP contribution is -2.40. The lowest BCUT2D eigenvalue weighted by Gasteiger charge is -2.19. The van der Waals surface area contributed by atoms with Gasteiger partial charge in [-0.15, -0.1) is 11.3 Å². The smallest absolute Gasteiger partial charge is 0.239 e. The molecule has 0 aliphatic rings. The molecule has 5 heteroatoms. The van der Waals surface area contributed by atoms with Gasteiger partial charge in [-0.1, -0.05) is 6.92 Å². The summed E-state index contributed by atoms with van der Waals surface area (Å²) >= 11 is 1.57. The quantitative estimate of drug-likeness (QED) is 0.839. The Morgan fingerprint density at radius 3 is 2.87 bits per heavy atom. The fourth-order valence-corrected chi connectivity index (χ4v) is 2.06. The van der Waals surface area contributed by atoms with E-state index in [1.807, 2.05) is 13.8 Å². The van der Waals surface area contributed by atoms with E-state index in [9.17, 15) is 4.79 Å². The SMILES string of the molecule is CCC(N)C(=O)N(C)Cc1scnc1C. The highest BCUT2D eigenvalue weighted by Gasteiger charge is 2.17. The maximum absolute atomic E-state index is 11.7. The fraction of sp³-hybridized carbons (Fsp3) is 0.600. The number of amides is 1. The van der Waals surface area contributed by atoms with Crippen molar-refractivity contribution in [1.82, 2.24) is 9.88 Å². The number of hydrogen-bond donors (Lipinski definition) is 1. The lowest BCUT2D eigenvalue weighted by atomic mass is 10.2. The number of rotatable bonds is 4. The molecule has 1 heterocycles. The summed E-state index contributed by atoms with van der Waals surface area (Å²) in [6, 6.07) is -0.386. The molecular formula is C10H17N3OS. The summed E-state index contributed by atoms with van der Waals surface area (Å²) in [7, 11) is 1.77. The summed E-state index contributed by atoms with van der Waals surface area (Å²) in [5.41, 5.74) is 8.47. The number of hydrogen-bond acceptors (Lipinski definition) is 4. The molecule has 1 atom stereocenters. The number of likely N-dealkylation sites (N-methyl/N-ethyl adjacent to an activating group) is 1. The van der Waals surface area contributed by atoms with Crippen LogP contribution in [0.3, 0.4) is 0 Å². The first-order valence-corrected chi connectivity index (χ1v) is 5.83. The van der Waals surface area contributed by atoms with E-state index in [2.05, 4.69) is 4.98 Å². The zero-order valence-corrected chi connectivity index (χ0v) is 10.2. The van der Waals surface area contributed by atoms with E-state index in [1.54, 1.807) is 28.8 Å². The van der Waals surface area contributed by atoms with Crippen LogP contribution in [0, 0.1) is 6.92 Å². The van der Waals surface area contributed by atoms with Gasteiger partial charge in [0.15, 0.2) is 0 Å². The molecule has 0 spiro atoms. The van der Waals surface area contributed by atoms with Gasteiger partial charge in [0, 0.05) is 11.9 Å². The Bertz CT molecular complexity index is 337. The number of aryl methyl sites for hydroxylation is 1. The van der Waals surface area contributed by atoms with Crippen LogP contribution in [0.25, 0.3) is 0 Å². The number of aromatic nitrogens is 1. The number of thiazole rings is 1. The molecule has 0 aliphatic carbocycles. The van der Waals surface area contributed by atoms with Crippen molar-refractivity contribution in [2.45, 2.75) is 32.9 Å². The average Bonchev–Trinajstić information content (AvgIpc) is 2.62. The second-order valence-electron chi connectivity index (χ2n) is 3.57. The van der Waals surface area contributed by atoms with Gasteiger partial charge in [0.25, 0.3) is 0 Å². The molecule has 0 radical (unpaired) electrons. The van der Waals surface area contributed by atoms with Gasteiger partial charge in [-0.25, -0.2) is 4.98 Å². The van der Waals surface area contributed by atoms with E-state index < -0.39 is 0 Å². The summed E-state index contributed by atoms with van der Waals surface area (Å²) < 4.78 is 0. The van der Waals surface area contributed by atoms with Crippen molar-refractivity contribution in [3.05, 3.63) is 16.1 Å². The van der Waals surface area contributed by atoms with Gasteiger partial charge in [-0.05, 0) is 13.3 Å². The van der Waals surface area contributed by atoms with Crippen LogP contribution < -0.4 is 5.73 Å². The van der Waals surface area contributed by atoms with Gasteiger partial charge < -0.3 is 10.6 Å². The zero-order valence-electron chi connectivity index (χ0n) is 9.36. The van der Waals surface area contributed by atoms with Crippen molar-refractivity contribution in [2.75, 3.05) is 7.05 Å². The summed E-state index contributed by atoms with van der Waals surface area (Å²) in [4.78, 5) is 18.6. The summed E-state index contributed by atoms with van der Waals surface area (Å²) in [6.45, 7) is 4.46. The molecule has 1 rings (SSSR count). The fourth-order valence-electron chi connectivity index (χ4n) is 1.23. The summed E-state index contributed by atoms with van der Waals surface area (Å²) in [5.74, 6) is -0.00898. The Labute approximate surface area is 94.1 Å². The van der Waals surface area contributed by atoms with Crippen molar-refractivity contribution in [3.8, 4) is 0 Å². The first-order valence-electron chi connectivity index (χ1n) is 4.95. The molecule has 15 heavy (non-hydrogen) atoms. The number of carbonyl (C=O) groups excluding carboxylic acids is 1. The molecule has 4 nitrogen and oxygen atoms in total. The molecule has 0 aliphatic heterocycles. The van der Waals surface area contributed by atoms with Crippen LogP contribution in [0.4, 0.5) is 0 Å². The van der Waals surface area contributed by atoms with Crippen molar-refractivity contribution in [1.29, 1.82) is 0 Å². The third kappa shape index (κ3) is 3.00. The molecule has 0 bridgehead atoms. The van der Waals surface area contributed by atoms with Crippen LogP contribution in [-0.4, -0.2) is 28.9 Å². The normalized spacial score (nSPS) is 12.5. The zero-order chi connectivity index (χ0) is 11.4. The molecule has 1 amide bonds. The Kier molecular flexibility index (Phi) is 4.23. The maximum Gasteiger partial charge on any atom is 0.239 e. The monoisotopic (exact) mass is 227 g/mol. The minimum Gasteiger partial charge on any atom is -0.339 e. The van der Waals surface area contributed by atoms with E-state index in [0.29, 0.717) is 13.0 Å². The van der Waals surface area contributed by atoms with E-state index in [1.165, 1.54) is 0 Å². The van der Waals surface area contributed by atoms with Gasteiger partial charge in [0.2, 0.25) is 5.91 Å². The molecule has 1 unspecified atom stereocenters. The van der Waals surface area contributed by atoms with Crippen LogP contribution in [0.2, 0.25) is 0 Å². The second kappa shape index (κ2) is 5.23. The van der Waals surface area contributed by atoms with E-state index >= 15 is 0 Å². The van der Waals surface area contributed by atoms with Crippen LogP contribution in [0.5, 0.6) is 0 Å². The number of nitrogens with two attached hydrogens (primary N) is 1. The molecule has 1 aromatic rings. The molecule has 2 N–H and O–H groups in total. The molecule has 0 saturated carbocycles. The topological polar surface area (TPSA) is 59.2 Å². The van der Waals surface area contributed by atoms with Crippen molar-refractivity contribution >= 4 is 17.2 Å². The Morgan fingerprint density at radius 2 is 2.40 bits per heavy atom. The average molecular weight is 227 g/mol. The highest BCUT2D eigenvalue weighted by molar-refractivity contribution is 7.09. The molecule has 0 saturated heterocycles. The largest absolute Gasteiger partial charge is 0.339 e. The van der Waals surface area contributed by atoms with Crippen LogP contribution >= 0.6 is 11.3 Å². The molecule has 0 aromatic carbocycles. The first kappa shape index (κ1) is 12.1. The third-order valence-corrected chi connectivity index (χ3v) is 3.28. The molecule has 0 fully saturated rings. The highest BCUT2D eigenvalue weighted by Crippen LogP contribution is 2.14. The minimum absolute atomic E-state index is 0.00898. The molecule has 84 valence electrons. The van der Waals surface area contributed by atoms with Crippen molar-refractivity contribution in [3.63, 3.8) is 0 Å². The molecule has 1 aromatic heterocycles. The highest BCUT2D eigenvalue weighted by atomic mass is 32.1. The van der Waals surface area contributed by atoms with Gasteiger partial charge >= 0.3 is 0 Å². The van der Waals surface area contributed by atoms with E-state index in [4.69, 9.17) is 5.73 Å². The first-order chi connectivity index (χ1) is 7.06. The van der Waals surface area contributed by atoms with Crippen LogP contribution in [0.1, 0.15) is 23.9 Å². The van der Waals surface area contributed by atoms with Gasteiger partial charge in [-0.2, -0.15) is 0 Å².